The second-order valence-electron chi connectivity index (χ2n) is 4.83. The van der Waals surface area contributed by atoms with Crippen LogP contribution < -0.4 is 16.0 Å². The summed E-state index contributed by atoms with van der Waals surface area (Å²) in [6.45, 7) is 2.08. The van der Waals surface area contributed by atoms with Crippen molar-refractivity contribution in [2.75, 3.05) is 44.0 Å². The van der Waals surface area contributed by atoms with Crippen LogP contribution in [0, 0.1) is 10.1 Å². The molecule has 0 bridgehead atoms. The molecule has 0 saturated carbocycles. The van der Waals surface area contributed by atoms with Gasteiger partial charge in [-0.1, -0.05) is 12.1 Å². The SMILES string of the molecule is CN=C(NCCCCSC)NCCNc1ccccc1[N+](=O)[O-].I. The number of anilines is 1. The van der Waals surface area contributed by atoms with Gasteiger partial charge in [0.1, 0.15) is 5.69 Å². The van der Waals surface area contributed by atoms with Crippen LogP contribution >= 0.6 is 35.7 Å². The minimum absolute atomic E-state index is 0. The van der Waals surface area contributed by atoms with Crippen molar-refractivity contribution >= 4 is 53.1 Å². The van der Waals surface area contributed by atoms with Crippen LogP contribution in [0.15, 0.2) is 29.3 Å². The van der Waals surface area contributed by atoms with Gasteiger partial charge in [-0.25, -0.2) is 0 Å². The van der Waals surface area contributed by atoms with Crippen LogP contribution in [0.25, 0.3) is 0 Å². The zero-order valence-corrected chi connectivity index (χ0v) is 17.2. The van der Waals surface area contributed by atoms with Crippen molar-refractivity contribution in [1.29, 1.82) is 0 Å². The molecule has 0 spiro atoms. The molecule has 0 atom stereocenters. The number of rotatable bonds is 10. The maximum absolute atomic E-state index is 10.9. The van der Waals surface area contributed by atoms with Crippen molar-refractivity contribution in [3.8, 4) is 0 Å². The minimum atomic E-state index is -0.384. The Balaban J connectivity index is 0.00000529. The fourth-order valence-corrected chi connectivity index (χ4v) is 2.45. The van der Waals surface area contributed by atoms with Crippen molar-refractivity contribution in [2.45, 2.75) is 12.8 Å². The number of nitro groups is 1. The Morgan fingerprint density at radius 2 is 1.92 bits per heavy atom. The van der Waals surface area contributed by atoms with E-state index in [1.54, 1.807) is 25.2 Å². The number of nitro benzene ring substituents is 1. The summed E-state index contributed by atoms with van der Waals surface area (Å²) < 4.78 is 0. The van der Waals surface area contributed by atoms with Gasteiger partial charge >= 0.3 is 0 Å². The minimum Gasteiger partial charge on any atom is -0.378 e. The van der Waals surface area contributed by atoms with Crippen molar-refractivity contribution in [1.82, 2.24) is 10.6 Å². The first-order valence-corrected chi connectivity index (χ1v) is 8.99. The van der Waals surface area contributed by atoms with E-state index in [1.807, 2.05) is 11.8 Å². The van der Waals surface area contributed by atoms with E-state index in [9.17, 15) is 10.1 Å². The van der Waals surface area contributed by atoms with Crippen LogP contribution in [0.1, 0.15) is 12.8 Å². The molecule has 3 N–H and O–H groups in total. The number of halogens is 1. The number of nitrogens with zero attached hydrogens (tertiary/aromatic N) is 2. The molecule has 9 heteroatoms. The third kappa shape index (κ3) is 9.16. The van der Waals surface area contributed by atoms with Crippen LogP contribution in [0.2, 0.25) is 0 Å². The van der Waals surface area contributed by atoms with Gasteiger partial charge in [0, 0.05) is 32.7 Å². The van der Waals surface area contributed by atoms with Gasteiger partial charge in [0.05, 0.1) is 4.92 Å². The molecule has 0 aliphatic heterocycles. The zero-order valence-electron chi connectivity index (χ0n) is 14.1. The van der Waals surface area contributed by atoms with Crippen LogP contribution in [-0.2, 0) is 0 Å². The summed E-state index contributed by atoms with van der Waals surface area (Å²) in [7, 11) is 1.73. The van der Waals surface area contributed by atoms with Gasteiger partial charge in [0.25, 0.3) is 5.69 Å². The van der Waals surface area contributed by atoms with Crippen molar-refractivity contribution in [2.24, 2.45) is 4.99 Å². The number of hydrogen-bond acceptors (Lipinski definition) is 5. The first-order chi connectivity index (χ1) is 11.2. The molecule has 0 aliphatic rings. The number of hydrogen-bond donors (Lipinski definition) is 3. The second-order valence-corrected chi connectivity index (χ2v) is 5.81. The Morgan fingerprint density at radius 3 is 2.58 bits per heavy atom. The standard InChI is InChI=1S/C15H25N5O2S.HI/c1-16-15(18-9-5-6-12-23-2)19-11-10-17-13-7-3-4-8-14(13)20(21)22;/h3-4,7-8,17H,5-6,9-12H2,1-2H3,(H2,16,18,19);1H. The quantitative estimate of drug-likeness (QED) is 0.122. The molecule has 0 aliphatic carbocycles. The summed E-state index contributed by atoms with van der Waals surface area (Å²) in [6, 6.07) is 6.63. The Hall–Kier alpha value is -1.23. The lowest BCUT2D eigenvalue weighted by Crippen LogP contribution is -2.39. The van der Waals surface area contributed by atoms with Crippen LogP contribution in [-0.4, -0.2) is 49.6 Å². The predicted molar refractivity (Wildman–Crippen MR) is 114 cm³/mol. The molecule has 136 valence electrons. The molecule has 0 fully saturated rings. The lowest BCUT2D eigenvalue weighted by molar-refractivity contribution is -0.384. The normalized spacial score (nSPS) is 10.7. The molecule has 7 nitrogen and oxygen atoms in total. The Kier molecular flexibility index (Phi) is 13.4. The first kappa shape index (κ1) is 22.8. The molecule has 1 rings (SSSR count). The van der Waals surface area contributed by atoms with E-state index in [1.165, 1.54) is 18.2 Å². The molecule has 0 unspecified atom stereocenters. The Bertz CT molecular complexity index is 516. The molecule has 0 amide bonds. The topological polar surface area (TPSA) is 91.6 Å². The van der Waals surface area contributed by atoms with Gasteiger partial charge in [0.2, 0.25) is 0 Å². The summed E-state index contributed by atoms with van der Waals surface area (Å²) in [5.74, 6) is 1.92. The Morgan fingerprint density at radius 1 is 1.21 bits per heavy atom. The average Bonchev–Trinajstić information content (AvgIpc) is 2.56. The lowest BCUT2D eigenvalue weighted by Gasteiger charge is -2.12. The number of aliphatic imine (C=N–C) groups is 1. The highest BCUT2D eigenvalue weighted by Crippen LogP contribution is 2.22. The average molecular weight is 467 g/mol. The monoisotopic (exact) mass is 467 g/mol. The van der Waals surface area contributed by atoms with E-state index < -0.39 is 0 Å². The number of thioether (sulfide) groups is 1. The Labute approximate surface area is 164 Å². The zero-order chi connectivity index (χ0) is 16.9. The van der Waals surface area contributed by atoms with Gasteiger partial charge in [-0.3, -0.25) is 15.1 Å². The molecule has 1 aromatic rings. The van der Waals surface area contributed by atoms with Crippen molar-refractivity contribution < 1.29 is 4.92 Å². The third-order valence-corrected chi connectivity index (χ3v) is 3.82. The van der Waals surface area contributed by atoms with Gasteiger partial charge < -0.3 is 16.0 Å². The van der Waals surface area contributed by atoms with Crippen molar-refractivity contribution in [3.05, 3.63) is 34.4 Å². The summed E-state index contributed by atoms with van der Waals surface area (Å²) in [4.78, 5) is 14.7. The molecule has 0 aromatic heterocycles. The van der Waals surface area contributed by atoms with Gasteiger partial charge in [-0.15, -0.1) is 24.0 Å². The number of nitrogens with one attached hydrogen (secondary N) is 3. The molecule has 24 heavy (non-hydrogen) atoms. The number of guanidine groups is 1. The number of para-hydroxylation sites is 2. The summed E-state index contributed by atoms with van der Waals surface area (Å²) in [6.07, 6.45) is 4.40. The van der Waals surface area contributed by atoms with Gasteiger partial charge in [0.15, 0.2) is 5.96 Å². The smallest absolute Gasteiger partial charge is 0.292 e. The summed E-state index contributed by atoms with van der Waals surface area (Å²) in [5, 5.41) is 20.4. The van der Waals surface area contributed by atoms with Crippen LogP contribution in [0.5, 0.6) is 0 Å². The molecular formula is C15H26IN5O2S. The van der Waals surface area contributed by atoms with E-state index in [0.717, 1.165) is 18.9 Å². The van der Waals surface area contributed by atoms with Gasteiger partial charge in [-0.05, 0) is 30.9 Å². The highest BCUT2D eigenvalue weighted by molar-refractivity contribution is 14.0. The van der Waals surface area contributed by atoms with Crippen LogP contribution in [0.3, 0.4) is 0 Å². The maximum atomic E-state index is 10.9. The van der Waals surface area contributed by atoms with E-state index in [2.05, 4.69) is 27.2 Å². The highest BCUT2D eigenvalue weighted by Gasteiger charge is 2.11. The van der Waals surface area contributed by atoms with Crippen molar-refractivity contribution in [3.63, 3.8) is 0 Å². The lowest BCUT2D eigenvalue weighted by atomic mass is 10.2. The highest BCUT2D eigenvalue weighted by atomic mass is 127. The van der Waals surface area contributed by atoms with E-state index in [4.69, 9.17) is 0 Å². The fraction of sp³-hybridized carbons (Fsp3) is 0.533. The van der Waals surface area contributed by atoms with E-state index in [-0.39, 0.29) is 34.6 Å². The fourth-order valence-electron chi connectivity index (χ4n) is 1.96. The summed E-state index contributed by atoms with van der Waals surface area (Å²) >= 11 is 1.85. The van der Waals surface area contributed by atoms with Gasteiger partial charge in [-0.2, -0.15) is 11.8 Å². The second kappa shape index (κ2) is 14.1. The third-order valence-electron chi connectivity index (χ3n) is 3.12. The number of unbranched alkanes of at least 4 members (excludes halogenated alkanes) is 1. The molecule has 0 saturated heterocycles. The maximum Gasteiger partial charge on any atom is 0.292 e. The van der Waals surface area contributed by atoms with Crippen LogP contribution in [0.4, 0.5) is 11.4 Å². The largest absolute Gasteiger partial charge is 0.378 e. The molecule has 0 radical (unpaired) electrons. The molecular weight excluding hydrogens is 441 g/mol. The first-order valence-electron chi connectivity index (χ1n) is 7.59. The van der Waals surface area contributed by atoms with E-state index in [0.29, 0.717) is 18.8 Å². The number of benzene rings is 1. The molecule has 0 heterocycles. The molecule has 1 aromatic carbocycles. The van der Waals surface area contributed by atoms with E-state index >= 15 is 0 Å². The summed E-state index contributed by atoms with van der Waals surface area (Å²) in [5.41, 5.74) is 0.614. The predicted octanol–water partition coefficient (Wildman–Crippen LogP) is 2.93.